The van der Waals surface area contributed by atoms with Crippen molar-refractivity contribution in [3.05, 3.63) is 60.4 Å². The number of aromatic nitrogens is 2. The predicted octanol–water partition coefficient (Wildman–Crippen LogP) is 6.12. The molecule has 3 amide bonds. The maximum absolute atomic E-state index is 14.3. The highest BCUT2D eigenvalue weighted by atomic mass is 127. The molecule has 53 heavy (non-hydrogen) atoms. The summed E-state index contributed by atoms with van der Waals surface area (Å²) in [6, 6.07) is 10.5. The summed E-state index contributed by atoms with van der Waals surface area (Å²) in [5.74, 6) is -0.142. The molecule has 0 radical (unpaired) electrons. The Bertz CT molecular complexity index is 2120. The van der Waals surface area contributed by atoms with Crippen molar-refractivity contribution in [1.29, 1.82) is 0 Å². The van der Waals surface area contributed by atoms with Gasteiger partial charge < -0.3 is 24.5 Å². The van der Waals surface area contributed by atoms with Crippen LogP contribution in [0, 0.1) is 17.7 Å². The average molecular weight is 860 g/mol. The fraction of sp³-hybridized carbons (Fsp3) is 0.447. The minimum Gasteiger partial charge on any atom is -0.497 e. The molecule has 2 aromatic heterocycles. The van der Waals surface area contributed by atoms with Crippen LogP contribution in [-0.4, -0.2) is 67.8 Å². The van der Waals surface area contributed by atoms with E-state index in [4.69, 9.17) is 24.6 Å². The fourth-order valence-corrected chi connectivity index (χ4v) is 10.8. The lowest BCUT2D eigenvalue weighted by Gasteiger charge is -2.21. The van der Waals surface area contributed by atoms with Crippen molar-refractivity contribution in [3.8, 4) is 23.0 Å². The molecular weight excluding hydrogens is 816 g/mol. The highest BCUT2D eigenvalue weighted by molar-refractivity contribution is 14.2. The molecule has 3 aliphatic rings. The van der Waals surface area contributed by atoms with Crippen LogP contribution in [0.2, 0.25) is 0 Å². The number of furan rings is 1. The van der Waals surface area contributed by atoms with Gasteiger partial charge in [0.15, 0.2) is 5.82 Å². The summed E-state index contributed by atoms with van der Waals surface area (Å²) in [5, 5.41) is 0.613. The lowest BCUT2D eigenvalue weighted by molar-refractivity contribution is -0.137. The van der Waals surface area contributed by atoms with Gasteiger partial charge in [0, 0.05) is 63.5 Å². The monoisotopic (exact) mass is 859 g/mol. The summed E-state index contributed by atoms with van der Waals surface area (Å²) in [5.41, 5.74) is 7.41. The van der Waals surface area contributed by atoms with Gasteiger partial charge in [0.25, 0.3) is 5.88 Å². The van der Waals surface area contributed by atoms with Crippen LogP contribution in [0.4, 0.5) is 4.39 Å². The molecule has 2 saturated carbocycles. The standard InChI is InChI=1S/C38H43FIN5O7S/c1-50-25-11-8-10-23(17-25)36-42-33-29-19-24(39)13-16-31(29)52-34(33)38(43-36)51-26-20-30(35(41)47)45(21-26)32(46)12-7-5-3-2-4-6-9-22-18-28(22)37(48)44-53(40,49)27-14-15-27/h6,8-11,13,16-17,19,22,26-28,30,53H,2-5,7,12,14-15,18,20-21H2,1H3,(H2,41,47)(H,44,48,49)/b9-6-/t22-,26-,28+,30+/m1/s1. The summed E-state index contributed by atoms with van der Waals surface area (Å²) in [6.45, 7) is 0.141. The Hall–Kier alpha value is -4.12. The smallest absolute Gasteiger partial charge is 0.262 e. The summed E-state index contributed by atoms with van der Waals surface area (Å²) >= 11 is 1.93. The molecule has 2 aromatic carbocycles. The second-order valence-corrected chi connectivity index (χ2v) is 20.5. The van der Waals surface area contributed by atoms with E-state index in [1.165, 1.54) is 23.1 Å². The Balaban J connectivity index is 0.926. The molecule has 0 spiro atoms. The van der Waals surface area contributed by atoms with Crippen LogP contribution in [0.5, 0.6) is 11.6 Å². The third-order valence-corrected chi connectivity index (χ3v) is 15.2. The number of allylic oxidation sites excluding steroid dienone is 2. The number of halogens is 2. The maximum atomic E-state index is 14.3. The lowest BCUT2D eigenvalue weighted by atomic mass is 10.1. The van der Waals surface area contributed by atoms with Crippen molar-refractivity contribution >= 4 is 68.3 Å². The number of carbonyl (C=O) groups excluding carboxylic acids is 3. The van der Waals surface area contributed by atoms with Crippen molar-refractivity contribution in [2.24, 2.45) is 17.6 Å². The van der Waals surface area contributed by atoms with E-state index in [1.807, 2.05) is 27.3 Å². The number of nitrogens with two attached hydrogens (primary N) is 1. The van der Waals surface area contributed by atoms with Crippen LogP contribution in [0.3, 0.4) is 0 Å². The zero-order valence-corrected chi connectivity index (χ0v) is 32.4. The number of nitrogens with zero attached hydrogens (tertiary/aromatic N) is 3. The molecule has 2 aliphatic carbocycles. The topological polar surface area (TPSA) is 167 Å². The van der Waals surface area contributed by atoms with E-state index in [0.717, 1.165) is 44.9 Å². The number of hydrogen-bond donors (Lipinski definition) is 3. The molecule has 7 rings (SSSR count). The minimum atomic E-state index is -2.60. The number of amides is 3. The van der Waals surface area contributed by atoms with Gasteiger partial charge in [-0.05, 0) is 74.8 Å². The Kier molecular flexibility index (Phi) is 11.0. The molecule has 3 fully saturated rings. The molecule has 0 unspecified atom stereocenters. The number of thiol groups is 1. The molecule has 12 nitrogen and oxygen atoms in total. The first-order valence-electron chi connectivity index (χ1n) is 18.1. The van der Waals surface area contributed by atoms with E-state index in [9.17, 15) is 23.0 Å². The van der Waals surface area contributed by atoms with E-state index in [0.29, 0.717) is 40.0 Å². The van der Waals surface area contributed by atoms with Gasteiger partial charge in [-0.2, -0.15) is 4.98 Å². The van der Waals surface area contributed by atoms with Crippen LogP contribution >= 0.6 is 21.2 Å². The molecular formula is C38H43FIN5O7S. The number of carbonyl (C=O) groups is 3. The number of rotatable bonds is 16. The first-order valence-corrected chi connectivity index (χ1v) is 22.6. The van der Waals surface area contributed by atoms with E-state index < -0.39 is 31.2 Å². The van der Waals surface area contributed by atoms with Gasteiger partial charge in [0.1, 0.15) is 34.8 Å². The number of fused-ring (bicyclic) bond motifs is 3. The Morgan fingerprint density at radius 1 is 1.11 bits per heavy atom. The second kappa shape index (κ2) is 15.7. The quantitative estimate of drug-likeness (QED) is 0.0396. The summed E-state index contributed by atoms with van der Waals surface area (Å²) in [7, 11) is -1.04. The normalized spacial score (nSPS) is 21.7. The number of ether oxygens (including phenoxy) is 2. The summed E-state index contributed by atoms with van der Waals surface area (Å²) in [4.78, 5) is 49.2. The fourth-order valence-electron chi connectivity index (χ4n) is 6.91. The van der Waals surface area contributed by atoms with Crippen LogP contribution in [0.1, 0.15) is 64.2 Å². The maximum Gasteiger partial charge on any atom is 0.262 e. The van der Waals surface area contributed by atoms with E-state index >= 15 is 0 Å². The van der Waals surface area contributed by atoms with Gasteiger partial charge in [-0.3, -0.25) is 23.3 Å². The van der Waals surface area contributed by atoms with Gasteiger partial charge in [0.2, 0.25) is 23.3 Å². The molecule has 3 heterocycles. The number of unbranched alkanes of at least 4 members (excludes halogenated alkanes) is 4. The van der Waals surface area contributed by atoms with Crippen molar-refractivity contribution in [1.82, 2.24) is 19.6 Å². The second-order valence-electron chi connectivity index (χ2n) is 14.1. The van der Waals surface area contributed by atoms with Gasteiger partial charge in [0.05, 0.1) is 13.7 Å². The van der Waals surface area contributed by atoms with Gasteiger partial charge in [-0.25, -0.2) is 9.37 Å². The van der Waals surface area contributed by atoms with Crippen molar-refractivity contribution in [2.45, 2.75) is 81.6 Å². The molecule has 4 atom stereocenters. The molecule has 1 saturated heterocycles. The van der Waals surface area contributed by atoms with Gasteiger partial charge >= 0.3 is 0 Å². The lowest BCUT2D eigenvalue weighted by Crippen LogP contribution is -2.43. The van der Waals surface area contributed by atoms with Gasteiger partial charge in [-0.15, -0.1) is 0 Å². The molecule has 3 N–H and O–H groups in total. The van der Waals surface area contributed by atoms with Crippen LogP contribution in [0.25, 0.3) is 33.5 Å². The largest absolute Gasteiger partial charge is 0.497 e. The van der Waals surface area contributed by atoms with Crippen LogP contribution in [0.15, 0.2) is 59.0 Å². The first-order chi connectivity index (χ1) is 25.5. The molecule has 282 valence electrons. The first kappa shape index (κ1) is 37.2. The molecule has 1 aliphatic heterocycles. The van der Waals surface area contributed by atoms with Crippen molar-refractivity contribution in [2.75, 3.05) is 13.7 Å². The Morgan fingerprint density at radius 3 is 2.70 bits per heavy atom. The van der Waals surface area contributed by atoms with Crippen LogP contribution in [-0.2, 0) is 21.7 Å². The number of benzene rings is 2. The number of likely N-dealkylation sites (tertiary alicyclic amines) is 1. The van der Waals surface area contributed by atoms with Crippen LogP contribution < -0.4 is 19.9 Å². The molecule has 4 aromatic rings. The van der Waals surface area contributed by atoms with Crippen molar-refractivity contribution < 1.29 is 36.9 Å². The number of nitrogens with one attached hydrogen (secondary N) is 1. The highest BCUT2D eigenvalue weighted by Gasteiger charge is 2.44. The summed E-state index contributed by atoms with van der Waals surface area (Å²) in [6.07, 6.45) is 11.0. The number of hydrogen-bond acceptors (Lipinski definition) is 9. The zero-order chi connectivity index (χ0) is 37.3. The molecule has 15 heteroatoms. The predicted molar refractivity (Wildman–Crippen MR) is 208 cm³/mol. The third-order valence-electron chi connectivity index (χ3n) is 10.1. The zero-order valence-electron chi connectivity index (χ0n) is 29.3. The Labute approximate surface area is 319 Å². The average Bonchev–Trinajstić information content (AvgIpc) is 4.06. The SMILES string of the molecule is COc1cccc(-c2nc(O[C@@H]3C[C@@H](C(N)=O)N(C(=O)CCCCCC/C=C\[C@@H]4C[C@@H]4C(=O)N[SH](=O)(I)C4CC4)C3)c3oc4ccc(F)cc4c3n2)c1. The van der Waals surface area contributed by atoms with Gasteiger partial charge in [-0.1, -0.05) is 37.1 Å². The van der Waals surface area contributed by atoms with E-state index in [1.54, 1.807) is 25.3 Å². The number of methoxy groups -OCH3 is 1. The van der Waals surface area contributed by atoms with Crippen molar-refractivity contribution in [3.63, 3.8) is 0 Å². The summed E-state index contributed by atoms with van der Waals surface area (Å²) < 4.78 is 47.4. The molecule has 0 bridgehead atoms. The minimum absolute atomic E-state index is 0.0755. The third kappa shape index (κ3) is 8.66. The highest BCUT2D eigenvalue weighted by Crippen LogP contribution is 2.43. The number of primary amides is 1. The van der Waals surface area contributed by atoms with E-state index in [2.05, 4.69) is 21.9 Å². The Morgan fingerprint density at radius 2 is 1.92 bits per heavy atom. The van der Waals surface area contributed by atoms with E-state index in [-0.39, 0.29) is 59.7 Å².